The molecule has 0 atom stereocenters. The van der Waals surface area contributed by atoms with Crippen LogP contribution in [0.3, 0.4) is 0 Å². The van der Waals surface area contributed by atoms with Gasteiger partial charge in [0.2, 0.25) is 0 Å². The molecule has 0 N–H and O–H groups in total. The van der Waals surface area contributed by atoms with E-state index in [-0.39, 0.29) is 0 Å². The zero-order valence-corrected chi connectivity index (χ0v) is 34.2. The average molecular weight is 798 g/mol. The monoisotopic (exact) mass is 797 g/mol. The highest BCUT2D eigenvalue weighted by Crippen LogP contribution is 2.36. The maximum atomic E-state index is 5.26. The van der Waals surface area contributed by atoms with E-state index in [4.69, 9.17) is 15.0 Å². The van der Waals surface area contributed by atoms with Crippen LogP contribution in [-0.2, 0) is 0 Å². The van der Waals surface area contributed by atoms with Crippen molar-refractivity contribution in [1.29, 1.82) is 0 Å². The third-order valence-corrected chi connectivity index (χ3v) is 10.9. The molecule has 7 nitrogen and oxygen atoms in total. The summed E-state index contributed by atoms with van der Waals surface area (Å²) < 4.78 is 0. The van der Waals surface area contributed by atoms with Crippen molar-refractivity contribution in [2.24, 2.45) is 0 Å². The van der Waals surface area contributed by atoms with E-state index in [1.807, 2.05) is 50.8 Å². The molecule has 0 radical (unpaired) electrons. The Morgan fingerprint density at radius 2 is 0.500 bits per heavy atom. The quantitative estimate of drug-likeness (QED) is 0.144. The molecule has 3 heterocycles. The minimum absolute atomic E-state index is 0.574. The Morgan fingerprint density at radius 3 is 0.887 bits per heavy atom. The fraction of sp³-hybridized carbons (Fsp3) is 0.0364. The first-order chi connectivity index (χ1) is 30.5. The number of benzene rings is 7. The van der Waals surface area contributed by atoms with Crippen LogP contribution in [0.4, 0.5) is 0 Å². The van der Waals surface area contributed by atoms with Crippen molar-refractivity contribution in [3.8, 4) is 101 Å². The number of rotatable bonds is 9. The minimum Gasteiger partial charge on any atom is -0.241 e. The Hall–Kier alpha value is -8.29. The number of aromatic nitrogens is 7. The van der Waals surface area contributed by atoms with Crippen LogP contribution in [0.25, 0.3) is 101 Å². The van der Waals surface area contributed by atoms with Gasteiger partial charge in [0.25, 0.3) is 0 Å². The second-order valence-corrected chi connectivity index (χ2v) is 15.2. The summed E-state index contributed by atoms with van der Waals surface area (Å²) in [6.45, 7) is 3.79. The molecule has 0 fully saturated rings. The molecule has 7 heteroatoms. The Kier molecular flexibility index (Phi) is 10.3. The Morgan fingerprint density at radius 1 is 0.226 bits per heavy atom. The maximum Gasteiger partial charge on any atom is 0.164 e. The number of hydrogen-bond donors (Lipinski definition) is 0. The van der Waals surface area contributed by atoms with Crippen LogP contribution in [0, 0.1) is 13.8 Å². The number of aryl methyl sites for hydroxylation is 2. The molecule has 0 aliphatic rings. The summed E-state index contributed by atoms with van der Waals surface area (Å²) in [6, 6.07) is 61.2. The van der Waals surface area contributed by atoms with Crippen molar-refractivity contribution < 1.29 is 0 Å². The molecule has 0 aliphatic carbocycles. The molecular weight excluding hydrogens is 759 g/mol. The molecule has 0 unspecified atom stereocenters. The summed E-state index contributed by atoms with van der Waals surface area (Å²) >= 11 is 0. The molecule has 0 saturated carbocycles. The summed E-state index contributed by atoms with van der Waals surface area (Å²) in [5.74, 6) is 3.24. The van der Waals surface area contributed by atoms with Crippen molar-refractivity contribution in [2.45, 2.75) is 13.8 Å². The number of nitrogens with zero attached hydrogens (tertiary/aromatic N) is 7. The normalized spacial score (nSPS) is 11.1. The highest BCUT2D eigenvalue weighted by Gasteiger charge is 2.17. The lowest BCUT2D eigenvalue weighted by Crippen LogP contribution is -2.01. The lowest BCUT2D eigenvalue weighted by atomic mass is 9.94. The smallest absolute Gasteiger partial charge is 0.164 e. The average Bonchev–Trinajstić information content (AvgIpc) is 3.35. The van der Waals surface area contributed by atoms with Crippen molar-refractivity contribution >= 4 is 0 Å². The first-order valence-electron chi connectivity index (χ1n) is 20.5. The number of hydrogen-bond acceptors (Lipinski definition) is 7. The van der Waals surface area contributed by atoms with Crippen LogP contribution in [0.5, 0.6) is 0 Å². The molecule has 0 aliphatic heterocycles. The van der Waals surface area contributed by atoms with E-state index in [1.165, 1.54) is 0 Å². The lowest BCUT2D eigenvalue weighted by Gasteiger charge is -2.14. The molecule has 0 bridgehead atoms. The van der Waals surface area contributed by atoms with Crippen LogP contribution >= 0.6 is 0 Å². The minimum atomic E-state index is 0.574. The van der Waals surface area contributed by atoms with E-state index in [0.717, 1.165) is 95.1 Å². The van der Waals surface area contributed by atoms with Crippen LogP contribution in [0.2, 0.25) is 0 Å². The van der Waals surface area contributed by atoms with Gasteiger partial charge in [0.1, 0.15) is 11.6 Å². The molecule has 3 aromatic heterocycles. The molecule has 10 aromatic rings. The molecule has 294 valence electrons. The Balaban J connectivity index is 1.13. The van der Waals surface area contributed by atoms with Gasteiger partial charge in [-0.15, -0.1) is 0 Å². The summed E-state index contributed by atoms with van der Waals surface area (Å²) in [4.78, 5) is 33.4. The van der Waals surface area contributed by atoms with Crippen LogP contribution < -0.4 is 0 Å². The van der Waals surface area contributed by atoms with E-state index in [9.17, 15) is 0 Å². The van der Waals surface area contributed by atoms with Gasteiger partial charge in [0.15, 0.2) is 17.5 Å². The van der Waals surface area contributed by atoms with Gasteiger partial charge in [-0.25, -0.2) is 34.9 Å². The van der Waals surface area contributed by atoms with Gasteiger partial charge in [-0.05, 0) is 99.8 Å². The standard InChI is InChI=1S/C55H39N7/c1-36-56-32-51(33-57-36)42-23-19-40(20-24-42)48-29-49(41-21-25-43(26-22-41)52-34-58-37(2)59-35-52)31-50(30-48)55-61-53(46-17-9-15-44(27-46)38-11-5-3-6-12-38)60-54(62-55)47-18-10-16-45(28-47)39-13-7-4-8-14-39/h3-35H,1-2H3. The SMILES string of the molecule is Cc1ncc(-c2ccc(-c3cc(-c4ccc(-c5cnc(C)nc5)cc4)cc(-c4nc(-c5cccc(-c6ccccc6)c5)nc(-c5cccc(-c6ccccc6)c5)n4)c3)cc2)cn1. The van der Waals surface area contributed by atoms with Gasteiger partial charge >= 0.3 is 0 Å². The summed E-state index contributed by atoms with van der Waals surface area (Å²) in [7, 11) is 0. The highest BCUT2D eigenvalue weighted by molar-refractivity contribution is 5.83. The second kappa shape index (κ2) is 16.8. The first kappa shape index (κ1) is 37.9. The van der Waals surface area contributed by atoms with Crippen molar-refractivity contribution in [1.82, 2.24) is 34.9 Å². The fourth-order valence-corrected chi connectivity index (χ4v) is 7.58. The lowest BCUT2D eigenvalue weighted by molar-refractivity contribution is 1.06. The fourth-order valence-electron chi connectivity index (χ4n) is 7.58. The van der Waals surface area contributed by atoms with E-state index in [2.05, 4.69) is 184 Å². The van der Waals surface area contributed by atoms with E-state index in [1.54, 1.807) is 0 Å². The van der Waals surface area contributed by atoms with Gasteiger partial charge in [-0.1, -0.05) is 146 Å². The summed E-state index contributed by atoms with van der Waals surface area (Å²) in [6.07, 6.45) is 7.46. The third-order valence-electron chi connectivity index (χ3n) is 10.9. The highest BCUT2D eigenvalue weighted by atomic mass is 15.0. The third kappa shape index (κ3) is 8.15. The van der Waals surface area contributed by atoms with Crippen LogP contribution in [0.15, 0.2) is 201 Å². The van der Waals surface area contributed by atoms with E-state index >= 15 is 0 Å². The maximum absolute atomic E-state index is 5.26. The van der Waals surface area contributed by atoms with Crippen LogP contribution in [-0.4, -0.2) is 34.9 Å². The van der Waals surface area contributed by atoms with Gasteiger partial charge in [-0.2, -0.15) is 0 Å². The Labute approximate surface area is 360 Å². The molecule has 0 amide bonds. The summed E-state index contributed by atoms with van der Waals surface area (Å²) in [5, 5.41) is 0. The van der Waals surface area contributed by atoms with Gasteiger partial charge < -0.3 is 0 Å². The van der Waals surface area contributed by atoms with E-state index in [0.29, 0.717) is 17.5 Å². The van der Waals surface area contributed by atoms with Gasteiger partial charge in [0.05, 0.1) is 0 Å². The van der Waals surface area contributed by atoms with Crippen molar-refractivity contribution in [3.63, 3.8) is 0 Å². The molecule has 7 aromatic carbocycles. The second-order valence-electron chi connectivity index (χ2n) is 15.2. The molecular formula is C55H39N7. The molecule has 0 spiro atoms. The Bertz CT molecular complexity index is 2940. The first-order valence-corrected chi connectivity index (χ1v) is 20.5. The van der Waals surface area contributed by atoms with Gasteiger partial charge in [0, 0.05) is 52.6 Å². The van der Waals surface area contributed by atoms with Gasteiger partial charge in [-0.3, -0.25) is 0 Å². The van der Waals surface area contributed by atoms with Crippen LogP contribution in [0.1, 0.15) is 11.6 Å². The van der Waals surface area contributed by atoms with Crippen molar-refractivity contribution in [2.75, 3.05) is 0 Å². The summed E-state index contributed by atoms with van der Waals surface area (Å²) in [5.41, 5.74) is 15.3. The van der Waals surface area contributed by atoms with E-state index < -0.39 is 0 Å². The molecule has 0 saturated heterocycles. The molecule has 62 heavy (non-hydrogen) atoms. The zero-order valence-electron chi connectivity index (χ0n) is 34.2. The predicted octanol–water partition coefficient (Wildman–Crippen LogP) is 13.1. The predicted molar refractivity (Wildman–Crippen MR) is 249 cm³/mol. The topological polar surface area (TPSA) is 90.2 Å². The zero-order chi connectivity index (χ0) is 41.8. The molecule has 10 rings (SSSR count). The van der Waals surface area contributed by atoms with Crippen molar-refractivity contribution in [3.05, 3.63) is 212 Å². The largest absolute Gasteiger partial charge is 0.241 e.